The summed E-state index contributed by atoms with van der Waals surface area (Å²) in [5, 5.41) is 4.58. The molecule has 0 aliphatic carbocycles. The molecule has 0 spiro atoms. The second kappa shape index (κ2) is 7.45. The summed E-state index contributed by atoms with van der Waals surface area (Å²) in [7, 11) is 0. The Labute approximate surface area is 150 Å². The number of aromatic nitrogens is 2. The minimum atomic E-state index is -0.154. The van der Waals surface area contributed by atoms with E-state index in [-0.39, 0.29) is 5.56 Å². The summed E-state index contributed by atoms with van der Waals surface area (Å²) in [6, 6.07) is 14.8. The highest BCUT2D eigenvalue weighted by molar-refractivity contribution is 6.32. The molecular weight excluding hydrogens is 336 g/mol. The number of hydrogen-bond donors (Lipinski definition) is 1. The summed E-state index contributed by atoms with van der Waals surface area (Å²) >= 11 is 6.26. The van der Waals surface area contributed by atoms with E-state index in [9.17, 15) is 4.79 Å². The zero-order valence-electron chi connectivity index (χ0n) is 14.0. The lowest BCUT2D eigenvalue weighted by atomic mass is 10.2. The Hall–Kier alpha value is -2.72. The van der Waals surface area contributed by atoms with Crippen molar-refractivity contribution < 1.29 is 4.74 Å². The molecule has 1 aromatic heterocycles. The number of hydrogen-bond acceptors (Lipinski definition) is 2. The zero-order valence-corrected chi connectivity index (χ0v) is 14.7. The topological polar surface area (TPSA) is 47.0 Å². The van der Waals surface area contributed by atoms with Gasteiger partial charge in [-0.25, -0.2) is 4.68 Å². The van der Waals surface area contributed by atoms with E-state index in [1.165, 1.54) is 4.68 Å². The van der Waals surface area contributed by atoms with Gasteiger partial charge in [0.15, 0.2) is 0 Å². The van der Waals surface area contributed by atoms with Crippen molar-refractivity contribution in [2.24, 2.45) is 0 Å². The average Bonchev–Trinajstić information content (AvgIpc) is 2.90. The number of nitrogens with one attached hydrogen (secondary N) is 1. The van der Waals surface area contributed by atoms with Crippen molar-refractivity contribution in [2.45, 2.75) is 13.3 Å². The van der Waals surface area contributed by atoms with E-state index < -0.39 is 0 Å². The van der Waals surface area contributed by atoms with Gasteiger partial charge in [0.25, 0.3) is 5.56 Å². The van der Waals surface area contributed by atoms with Crippen LogP contribution in [0.5, 0.6) is 5.75 Å². The number of benzene rings is 2. The Kier molecular flexibility index (Phi) is 5.10. The van der Waals surface area contributed by atoms with E-state index in [0.29, 0.717) is 27.9 Å². The standard InChI is InChI=1S/C20H19ClN2O2/c1-3-11-25-19-10-9-15(13-18(19)21)12-17-14(2)22-23(20(17)24)16-7-5-4-6-8-16/h4-10,12-13,22H,2-3,11H2,1H3/b17-12+. The normalized spacial score (nSPS) is 11.7. The molecule has 0 saturated heterocycles. The quantitative estimate of drug-likeness (QED) is 0.766. The third kappa shape index (κ3) is 3.69. The van der Waals surface area contributed by atoms with E-state index in [1.807, 2.05) is 49.4 Å². The largest absolute Gasteiger partial charge is 0.492 e. The lowest BCUT2D eigenvalue weighted by Crippen LogP contribution is -2.33. The van der Waals surface area contributed by atoms with Gasteiger partial charge in [-0.05, 0) is 42.3 Å². The second-order valence-corrected chi connectivity index (χ2v) is 6.07. The molecule has 0 amide bonds. The van der Waals surface area contributed by atoms with Gasteiger partial charge in [-0.15, -0.1) is 0 Å². The molecule has 0 atom stereocenters. The van der Waals surface area contributed by atoms with Crippen molar-refractivity contribution in [1.29, 1.82) is 0 Å². The number of halogens is 1. The molecule has 3 aromatic rings. The second-order valence-electron chi connectivity index (χ2n) is 5.66. The van der Waals surface area contributed by atoms with E-state index in [4.69, 9.17) is 16.3 Å². The zero-order chi connectivity index (χ0) is 17.8. The van der Waals surface area contributed by atoms with Gasteiger partial charge in [0.1, 0.15) is 5.75 Å². The number of H-pyrrole nitrogens is 1. The monoisotopic (exact) mass is 354 g/mol. The first kappa shape index (κ1) is 17.1. The lowest BCUT2D eigenvalue weighted by molar-refractivity contribution is 0.317. The van der Waals surface area contributed by atoms with E-state index in [2.05, 4.69) is 11.7 Å². The fraction of sp³-hybridized carbons (Fsp3) is 0.150. The maximum atomic E-state index is 12.7. The van der Waals surface area contributed by atoms with Crippen LogP contribution in [-0.2, 0) is 0 Å². The number of rotatable bonds is 5. The van der Waals surface area contributed by atoms with E-state index >= 15 is 0 Å². The van der Waals surface area contributed by atoms with Crippen LogP contribution in [-0.4, -0.2) is 16.4 Å². The van der Waals surface area contributed by atoms with Gasteiger partial charge in [0.05, 0.1) is 27.9 Å². The SMILES string of the molecule is C=c1[nH]n(-c2ccccc2)c(=O)/c1=C/c1ccc(OCCC)c(Cl)c1. The average molecular weight is 355 g/mol. The third-order valence-electron chi connectivity index (χ3n) is 3.75. The molecule has 0 bridgehead atoms. The molecule has 128 valence electrons. The molecule has 5 heteroatoms. The lowest BCUT2D eigenvalue weighted by Gasteiger charge is -2.06. The predicted molar refractivity (Wildman–Crippen MR) is 102 cm³/mol. The third-order valence-corrected chi connectivity index (χ3v) is 4.04. The maximum absolute atomic E-state index is 12.7. The van der Waals surface area contributed by atoms with Crippen LogP contribution in [0.2, 0.25) is 5.02 Å². The van der Waals surface area contributed by atoms with Gasteiger partial charge < -0.3 is 4.74 Å². The summed E-state index contributed by atoms with van der Waals surface area (Å²) in [4.78, 5) is 12.7. The Morgan fingerprint density at radius 2 is 2.00 bits per heavy atom. The summed E-state index contributed by atoms with van der Waals surface area (Å²) in [5.74, 6) is 0.645. The van der Waals surface area contributed by atoms with E-state index in [1.54, 1.807) is 12.1 Å². The molecule has 2 aromatic carbocycles. The van der Waals surface area contributed by atoms with Crippen molar-refractivity contribution in [3.05, 3.63) is 80.0 Å². The summed E-state index contributed by atoms with van der Waals surface area (Å²) < 4.78 is 7.05. The van der Waals surface area contributed by atoms with Crippen LogP contribution >= 0.6 is 11.6 Å². The fourth-order valence-corrected chi connectivity index (χ4v) is 2.75. The number of ether oxygens (including phenoxy) is 1. The maximum Gasteiger partial charge on any atom is 0.279 e. The predicted octanol–water partition coefficient (Wildman–Crippen LogP) is 2.85. The van der Waals surface area contributed by atoms with Crippen molar-refractivity contribution >= 4 is 24.3 Å². The number of para-hydroxylation sites is 1. The van der Waals surface area contributed by atoms with Gasteiger partial charge in [-0.2, -0.15) is 0 Å². The number of aromatic amines is 1. The van der Waals surface area contributed by atoms with Crippen LogP contribution < -0.4 is 20.9 Å². The van der Waals surface area contributed by atoms with Crippen LogP contribution in [0.1, 0.15) is 18.9 Å². The molecule has 25 heavy (non-hydrogen) atoms. The Morgan fingerprint density at radius 3 is 2.68 bits per heavy atom. The molecule has 1 N–H and O–H groups in total. The van der Waals surface area contributed by atoms with Gasteiger partial charge in [-0.3, -0.25) is 9.89 Å². The van der Waals surface area contributed by atoms with Crippen LogP contribution in [0.25, 0.3) is 18.3 Å². The Balaban J connectivity index is 2.03. The van der Waals surface area contributed by atoms with Crippen LogP contribution in [0, 0.1) is 0 Å². The first-order valence-corrected chi connectivity index (χ1v) is 8.47. The minimum absolute atomic E-state index is 0.154. The Bertz CT molecular complexity index is 1040. The van der Waals surface area contributed by atoms with Crippen molar-refractivity contribution in [1.82, 2.24) is 9.78 Å². The van der Waals surface area contributed by atoms with Crippen molar-refractivity contribution in [3.8, 4) is 11.4 Å². The molecule has 0 aliphatic rings. The van der Waals surface area contributed by atoms with Crippen molar-refractivity contribution in [3.63, 3.8) is 0 Å². The smallest absolute Gasteiger partial charge is 0.279 e. The first-order chi connectivity index (χ1) is 12.1. The van der Waals surface area contributed by atoms with Crippen molar-refractivity contribution in [2.75, 3.05) is 6.61 Å². The molecule has 3 rings (SSSR count). The molecule has 0 aliphatic heterocycles. The highest BCUT2D eigenvalue weighted by Gasteiger charge is 2.06. The minimum Gasteiger partial charge on any atom is -0.492 e. The molecule has 0 unspecified atom stereocenters. The van der Waals surface area contributed by atoms with Crippen LogP contribution in [0.4, 0.5) is 0 Å². The molecule has 4 nitrogen and oxygen atoms in total. The summed E-state index contributed by atoms with van der Waals surface area (Å²) in [6.07, 6.45) is 2.69. The summed E-state index contributed by atoms with van der Waals surface area (Å²) in [6.45, 7) is 6.59. The molecular formula is C20H19ClN2O2. The molecule has 0 radical (unpaired) electrons. The molecule has 0 fully saturated rings. The van der Waals surface area contributed by atoms with Gasteiger partial charge >= 0.3 is 0 Å². The van der Waals surface area contributed by atoms with Gasteiger partial charge in [-0.1, -0.05) is 49.4 Å². The molecule has 1 heterocycles. The summed E-state index contributed by atoms with van der Waals surface area (Å²) in [5.41, 5.74) is 1.42. The number of nitrogens with zero attached hydrogens (tertiary/aromatic N) is 1. The highest BCUT2D eigenvalue weighted by atomic mass is 35.5. The Morgan fingerprint density at radius 1 is 1.24 bits per heavy atom. The van der Waals surface area contributed by atoms with Crippen LogP contribution in [0.3, 0.4) is 0 Å². The van der Waals surface area contributed by atoms with Gasteiger partial charge in [0.2, 0.25) is 0 Å². The first-order valence-electron chi connectivity index (χ1n) is 8.09. The highest BCUT2D eigenvalue weighted by Crippen LogP contribution is 2.25. The van der Waals surface area contributed by atoms with Gasteiger partial charge in [0, 0.05) is 0 Å². The van der Waals surface area contributed by atoms with Crippen LogP contribution in [0.15, 0.2) is 53.3 Å². The molecule has 0 saturated carbocycles. The van der Waals surface area contributed by atoms with E-state index in [0.717, 1.165) is 17.7 Å². The fourth-order valence-electron chi connectivity index (χ4n) is 2.51.